The molecule has 0 radical (unpaired) electrons. The molecule has 4 aliphatic carbocycles. The summed E-state index contributed by atoms with van der Waals surface area (Å²) in [6.07, 6.45) is -1.40. The third kappa shape index (κ3) is 16.4. The first kappa shape index (κ1) is 72.8. The molecule has 13 rings (SSSR count). The summed E-state index contributed by atoms with van der Waals surface area (Å²) in [6, 6.07) is 21.0. The predicted molar refractivity (Wildman–Crippen MR) is 365 cm³/mol. The molecule has 7 atom stereocenters. The van der Waals surface area contributed by atoms with Gasteiger partial charge in [-0.15, -0.1) is 0 Å². The number of imide groups is 1. The molecule has 8 N–H and O–H groups in total. The highest BCUT2D eigenvalue weighted by molar-refractivity contribution is 7.85. The number of benzene rings is 3. The molecule has 544 valence electrons. The summed E-state index contributed by atoms with van der Waals surface area (Å²) in [5, 5.41) is 62.8. The number of anilines is 2. The van der Waals surface area contributed by atoms with Crippen LogP contribution in [0.4, 0.5) is 15.7 Å². The van der Waals surface area contributed by atoms with Crippen molar-refractivity contribution in [1.29, 1.82) is 0 Å². The van der Waals surface area contributed by atoms with Crippen molar-refractivity contribution in [1.82, 2.24) is 34.9 Å². The zero-order chi connectivity index (χ0) is 72.5. The number of carboxylic acids is 2. The number of nitrogens with one attached hydrogen (secondary N) is 2. The summed E-state index contributed by atoms with van der Waals surface area (Å²) in [6.45, 7) is 7.02. The van der Waals surface area contributed by atoms with E-state index in [9.17, 15) is 72.1 Å². The normalized spacial score (nSPS) is 25.0. The Bertz CT molecular complexity index is 4300. The molecule has 6 heterocycles. The van der Waals surface area contributed by atoms with E-state index in [2.05, 4.69) is 29.5 Å². The molecule has 1 saturated heterocycles. The summed E-state index contributed by atoms with van der Waals surface area (Å²) in [5.41, 5.74) is 3.77. The van der Waals surface area contributed by atoms with Crippen molar-refractivity contribution >= 4 is 84.3 Å². The van der Waals surface area contributed by atoms with Crippen molar-refractivity contribution in [2.75, 3.05) is 75.1 Å². The zero-order valence-electron chi connectivity index (χ0n) is 56.4. The third-order valence-corrected chi connectivity index (χ3v) is 21.6. The number of ether oxygens (including phenoxy) is 6. The number of thiazole rings is 1. The molecule has 32 heteroatoms. The maximum absolute atomic E-state index is 14.3. The summed E-state index contributed by atoms with van der Waals surface area (Å²) in [5.74, 6) is -4.82. The van der Waals surface area contributed by atoms with Crippen LogP contribution >= 0.6 is 11.3 Å². The van der Waals surface area contributed by atoms with Crippen molar-refractivity contribution in [3.05, 3.63) is 125 Å². The van der Waals surface area contributed by atoms with E-state index >= 15 is 0 Å². The maximum Gasteiger partial charge on any atom is 0.410 e. The number of pyridine rings is 1. The maximum atomic E-state index is 14.3. The quantitative estimate of drug-likeness (QED) is 0.0156. The Balaban J connectivity index is 0.701. The summed E-state index contributed by atoms with van der Waals surface area (Å²) in [7, 11) is -4.44. The molecule has 5 fully saturated rings. The van der Waals surface area contributed by atoms with Gasteiger partial charge in [-0.05, 0) is 128 Å². The molecule has 5 amide bonds. The SMILES string of the molecule is Cc1c(-c2ccc(N3CCc4cccc(C(=O)Nc5nc6ccccc6s5)c4C3)nc2C(=O)O)cnn1CC12CC3(C)CC(C)(C1)CC(OCCN(CCCS(=O)(=O)O)C(=O)OCc1ccc(O[C@@H]4O[C@H](C(=O)O)[C@@H](O)[C@H](O)[C@H]4O)cc1OCCOCCNC(=O)CCN1C(=O)C=CC1=O)(C3)C2. The third-order valence-electron chi connectivity index (χ3n) is 19.8. The molecule has 4 bridgehead atoms. The Hall–Kier alpha value is -8.99. The lowest BCUT2D eigenvalue weighted by molar-refractivity contribution is -0.271. The fraction of sp³-hybridized carbons (Fsp3) is 0.486. The van der Waals surface area contributed by atoms with Gasteiger partial charge in [0.15, 0.2) is 16.9 Å². The number of carboxylic acid groups (broad SMARTS) is 2. The van der Waals surface area contributed by atoms with E-state index in [1.54, 1.807) is 18.3 Å². The van der Waals surface area contributed by atoms with Crippen LogP contribution in [-0.2, 0) is 74.4 Å². The predicted octanol–water partition coefficient (Wildman–Crippen LogP) is 5.53. The van der Waals surface area contributed by atoms with Gasteiger partial charge in [0.05, 0.1) is 47.6 Å². The summed E-state index contributed by atoms with van der Waals surface area (Å²) >= 11 is 1.39. The van der Waals surface area contributed by atoms with Crippen LogP contribution in [0.3, 0.4) is 0 Å². The second-order valence-corrected chi connectivity index (χ2v) is 30.6. The molecule has 3 aromatic heterocycles. The number of aliphatic hydroxyl groups excluding tert-OH is 3. The van der Waals surface area contributed by atoms with E-state index in [0.29, 0.717) is 60.1 Å². The van der Waals surface area contributed by atoms with Gasteiger partial charge in [0, 0.05) is 98.4 Å². The lowest BCUT2D eigenvalue weighted by Gasteiger charge is -2.69. The van der Waals surface area contributed by atoms with E-state index in [0.717, 1.165) is 76.2 Å². The van der Waals surface area contributed by atoms with Crippen LogP contribution in [0, 0.1) is 23.2 Å². The number of fused-ring (bicyclic) bond motifs is 2. The van der Waals surface area contributed by atoms with Gasteiger partial charge in [-0.25, -0.2) is 24.4 Å². The van der Waals surface area contributed by atoms with Gasteiger partial charge in [-0.2, -0.15) is 13.5 Å². The second kappa shape index (κ2) is 29.8. The van der Waals surface area contributed by atoms with Crippen molar-refractivity contribution in [3.63, 3.8) is 0 Å². The number of aliphatic carboxylic acids is 1. The fourth-order valence-corrected chi connectivity index (χ4v) is 17.8. The van der Waals surface area contributed by atoms with Crippen LogP contribution in [0.25, 0.3) is 21.3 Å². The Morgan fingerprint density at radius 1 is 0.833 bits per heavy atom. The smallest absolute Gasteiger partial charge is 0.410 e. The van der Waals surface area contributed by atoms with Crippen LogP contribution in [-0.4, -0.2) is 211 Å². The standard InChI is InChI=1S/C70H81N9O21S2/c1-41-47(45-14-15-52(74-56(45)62(87)88)77-22-18-42-8-6-9-46(48(42)32-77)61(86)75-65-73-49-10-4-5-11-51(49)101-65)31-72-79(41)40-69-35-67(2)34-68(3,36-69)38-70(37-67,39-69)98-26-24-76(21-7-29-102(92,93)94)66(91)97-33-43-12-13-44(99-64-59(85)57(83)58(84)60(100-64)63(89)90)30-50(43)96-28-27-95-25-20-71-53(80)19-23-78-54(81)16-17-55(78)82/h4-6,8-17,30-31,57-60,64,83-85H,7,18-29,32-40H2,1-3H3,(H,71,80)(H,87,88)(H,89,90)(H,73,75,86)(H,92,93,94)/t57-,58-,59+,60-,64+,67?,68?,69?,70?/m0/s1. The van der Waals surface area contributed by atoms with Crippen molar-refractivity contribution in [2.45, 2.75) is 135 Å². The van der Waals surface area contributed by atoms with E-state index in [4.69, 9.17) is 38.5 Å². The minimum absolute atomic E-state index is 0.0204. The summed E-state index contributed by atoms with van der Waals surface area (Å²) in [4.78, 5) is 103. The highest BCUT2D eigenvalue weighted by Crippen LogP contribution is 2.72. The molecule has 6 aromatic rings. The molecule has 3 aliphatic heterocycles. The first-order valence-electron chi connectivity index (χ1n) is 33.6. The molecule has 4 saturated carbocycles. The van der Waals surface area contributed by atoms with Crippen molar-refractivity contribution in [3.8, 4) is 22.6 Å². The fourth-order valence-electron chi connectivity index (χ4n) is 16.4. The lowest BCUT2D eigenvalue weighted by Crippen LogP contribution is -2.64. The number of carbonyl (C=O) groups is 7. The van der Waals surface area contributed by atoms with Crippen LogP contribution in [0.2, 0.25) is 0 Å². The van der Waals surface area contributed by atoms with E-state index < -0.39 is 94.5 Å². The number of aliphatic hydroxyl groups is 3. The first-order chi connectivity index (χ1) is 48.6. The molecule has 7 aliphatic rings. The number of carbonyl (C=O) groups excluding carboxylic acids is 5. The average Bonchev–Trinajstić information content (AvgIpc) is 0.707. The Morgan fingerprint density at radius 3 is 2.33 bits per heavy atom. The number of hydrogen-bond acceptors (Lipinski definition) is 23. The van der Waals surface area contributed by atoms with Gasteiger partial charge in [-0.1, -0.05) is 49.4 Å². The number of nitrogens with zero attached hydrogens (tertiary/aromatic N) is 7. The number of amides is 5. The number of aromatic nitrogens is 4. The van der Waals surface area contributed by atoms with Crippen molar-refractivity contribution < 1.29 is 100 Å². The first-order valence-corrected chi connectivity index (χ1v) is 36.0. The minimum atomic E-state index is -4.44. The molecule has 30 nitrogen and oxygen atoms in total. The average molecular weight is 1450 g/mol. The zero-order valence-corrected chi connectivity index (χ0v) is 58.0. The monoisotopic (exact) mass is 1450 g/mol. The number of para-hydroxylation sites is 1. The molecular formula is C70H81N9O21S2. The van der Waals surface area contributed by atoms with Crippen LogP contribution < -0.4 is 25.0 Å². The number of hydrogen-bond donors (Lipinski definition) is 8. The van der Waals surface area contributed by atoms with Gasteiger partial charge >= 0.3 is 18.0 Å². The van der Waals surface area contributed by atoms with Crippen LogP contribution in [0.5, 0.6) is 11.5 Å². The minimum Gasteiger partial charge on any atom is -0.491 e. The van der Waals surface area contributed by atoms with Gasteiger partial charge < -0.3 is 69.1 Å². The highest BCUT2D eigenvalue weighted by Gasteiger charge is 2.66. The van der Waals surface area contributed by atoms with Crippen LogP contribution in [0.1, 0.15) is 108 Å². The van der Waals surface area contributed by atoms with Gasteiger partial charge in [-0.3, -0.25) is 38.6 Å². The molecule has 3 aromatic carbocycles. The van der Waals surface area contributed by atoms with E-state index in [1.807, 2.05) is 59.0 Å². The van der Waals surface area contributed by atoms with Crippen LogP contribution in [0.15, 0.2) is 91.1 Å². The van der Waals surface area contributed by atoms with Crippen molar-refractivity contribution in [2.24, 2.45) is 16.2 Å². The Kier molecular flexibility index (Phi) is 21.2. The largest absolute Gasteiger partial charge is 0.491 e. The van der Waals surface area contributed by atoms with Gasteiger partial charge in [0.2, 0.25) is 12.2 Å². The molecular weight excluding hydrogens is 1370 g/mol. The lowest BCUT2D eigenvalue weighted by atomic mass is 9.39. The Morgan fingerprint density at radius 2 is 1.60 bits per heavy atom. The highest BCUT2D eigenvalue weighted by atomic mass is 32.2. The summed E-state index contributed by atoms with van der Waals surface area (Å²) < 4.78 is 72.2. The topological polar surface area (TPSA) is 408 Å². The van der Waals surface area contributed by atoms with Gasteiger partial charge in [0.1, 0.15) is 48.8 Å². The molecule has 102 heavy (non-hydrogen) atoms. The van der Waals surface area contributed by atoms with E-state index in [1.165, 1.54) is 34.4 Å². The molecule has 2 unspecified atom stereocenters. The number of rotatable bonds is 30. The second-order valence-electron chi connectivity index (χ2n) is 28.0. The Labute approximate surface area is 590 Å². The molecule has 0 spiro atoms. The number of aromatic carboxylic acids is 1. The van der Waals surface area contributed by atoms with Gasteiger partial charge in [0.25, 0.3) is 27.8 Å². The van der Waals surface area contributed by atoms with E-state index in [-0.39, 0.29) is 110 Å².